The summed E-state index contributed by atoms with van der Waals surface area (Å²) >= 11 is 0. The molecular formula is C17H25N5O. The highest BCUT2D eigenvalue weighted by Crippen LogP contribution is 2.18. The van der Waals surface area contributed by atoms with Crippen molar-refractivity contribution in [2.24, 2.45) is 0 Å². The maximum Gasteiger partial charge on any atom is 0.237 e. The fourth-order valence-corrected chi connectivity index (χ4v) is 2.98. The molecule has 6 heteroatoms. The van der Waals surface area contributed by atoms with E-state index in [2.05, 4.69) is 25.1 Å². The molecule has 0 aliphatic carbocycles. The van der Waals surface area contributed by atoms with Crippen LogP contribution in [0, 0.1) is 0 Å². The van der Waals surface area contributed by atoms with Gasteiger partial charge in [-0.2, -0.15) is 0 Å². The second kappa shape index (κ2) is 6.58. The summed E-state index contributed by atoms with van der Waals surface area (Å²) in [5, 5.41) is 2.99. The number of carbonyl (C=O) groups is 1. The van der Waals surface area contributed by atoms with E-state index in [1.165, 1.54) is 0 Å². The van der Waals surface area contributed by atoms with Crippen LogP contribution in [0.4, 0.5) is 5.95 Å². The molecule has 0 bridgehead atoms. The molecule has 0 radical (unpaired) electrons. The molecule has 1 saturated heterocycles. The van der Waals surface area contributed by atoms with Crippen LogP contribution < -0.4 is 10.2 Å². The Labute approximate surface area is 136 Å². The average Bonchev–Trinajstić information content (AvgIpc) is 2.97. The third-order valence-corrected chi connectivity index (χ3v) is 4.35. The number of hydrogen-bond donors (Lipinski definition) is 2. The predicted molar refractivity (Wildman–Crippen MR) is 92.6 cm³/mol. The Balaban J connectivity index is 1.60. The molecule has 2 aromatic rings. The van der Waals surface area contributed by atoms with Gasteiger partial charge in [-0.15, -0.1) is 0 Å². The lowest BCUT2D eigenvalue weighted by Gasteiger charge is -2.37. The maximum absolute atomic E-state index is 12.1. The van der Waals surface area contributed by atoms with Crippen LogP contribution in [-0.2, 0) is 4.79 Å². The molecule has 1 fully saturated rings. The number of amides is 1. The summed E-state index contributed by atoms with van der Waals surface area (Å²) in [6, 6.07) is 8.17. The fourth-order valence-electron chi connectivity index (χ4n) is 2.98. The van der Waals surface area contributed by atoms with E-state index in [1.54, 1.807) is 0 Å². The molecule has 1 aromatic carbocycles. The third-order valence-electron chi connectivity index (χ3n) is 4.35. The number of carbonyl (C=O) groups excluding carboxylic acids is 1. The van der Waals surface area contributed by atoms with E-state index in [0.717, 1.165) is 43.2 Å². The standard InChI is InChI=1S/C17H25N5O/c1-12(2)18-16(23)13(3)21-8-10-22(11-9-21)17-19-14-6-4-5-7-15(14)20-17/h4-7,12-13H,8-11H2,1-3H3,(H,18,23)(H,19,20). The Bertz CT molecular complexity index is 639. The van der Waals surface area contributed by atoms with Gasteiger partial charge in [0, 0.05) is 32.2 Å². The first-order valence-electron chi connectivity index (χ1n) is 8.28. The average molecular weight is 315 g/mol. The van der Waals surface area contributed by atoms with Crippen LogP contribution in [0.3, 0.4) is 0 Å². The van der Waals surface area contributed by atoms with E-state index in [1.807, 2.05) is 45.0 Å². The number of fused-ring (bicyclic) bond motifs is 1. The van der Waals surface area contributed by atoms with Crippen LogP contribution in [0.25, 0.3) is 11.0 Å². The van der Waals surface area contributed by atoms with Crippen molar-refractivity contribution in [2.45, 2.75) is 32.9 Å². The molecule has 0 saturated carbocycles. The number of aromatic nitrogens is 2. The van der Waals surface area contributed by atoms with Crippen molar-refractivity contribution in [1.82, 2.24) is 20.2 Å². The van der Waals surface area contributed by atoms with Crippen LogP contribution in [-0.4, -0.2) is 59.0 Å². The van der Waals surface area contributed by atoms with Gasteiger partial charge in [-0.05, 0) is 32.9 Å². The van der Waals surface area contributed by atoms with Crippen molar-refractivity contribution in [3.63, 3.8) is 0 Å². The number of aromatic amines is 1. The zero-order valence-corrected chi connectivity index (χ0v) is 14.0. The van der Waals surface area contributed by atoms with Crippen LogP contribution >= 0.6 is 0 Å². The minimum absolute atomic E-state index is 0.0878. The second-order valence-electron chi connectivity index (χ2n) is 6.44. The summed E-state index contributed by atoms with van der Waals surface area (Å²) < 4.78 is 0. The van der Waals surface area contributed by atoms with Crippen LogP contribution in [0.15, 0.2) is 24.3 Å². The van der Waals surface area contributed by atoms with Crippen LogP contribution in [0.2, 0.25) is 0 Å². The van der Waals surface area contributed by atoms with Crippen molar-refractivity contribution in [2.75, 3.05) is 31.1 Å². The number of hydrogen-bond acceptors (Lipinski definition) is 4. The van der Waals surface area contributed by atoms with E-state index >= 15 is 0 Å². The number of nitrogens with one attached hydrogen (secondary N) is 2. The number of rotatable bonds is 4. The minimum atomic E-state index is -0.0878. The summed E-state index contributed by atoms with van der Waals surface area (Å²) in [7, 11) is 0. The van der Waals surface area contributed by atoms with Gasteiger partial charge in [-0.25, -0.2) is 4.98 Å². The molecule has 0 spiro atoms. The quantitative estimate of drug-likeness (QED) is 0.899. The SMILES string of the molecule is CC(C)NC(=O)C(C)N1CCN(c2nc3ccccc3[nH]2)CC1. The first kappa shape index (κ1) is 15.8. The van der Waals surface area contributed by atoms with E-state index in [9.17, 15) is 4.79 Å². The zero-order chi connectivity index (χ0) is 16.4. The van der Waals surface area contributed by atoms with Crippen LogP contribution in [0.5, 0.6) is 0 Å². The highest BCUT2D eigenvalue weighted by atomic mass is 16.2. The second-order valence-corrected chi connectivity index (χ2v) is 6.44. The van der Waals surface area contributed by atoms with Gasteiger partial charge in [-0.1, -0.05) is 12.1 Å². The summed E-state index contributed by atoms with van der Waals surface area (Å²) in [4.78, 5) is 24.7. The molecule has 6 nitrogen and oxygen atoms in total. The third kappa shape index (κ3) is 3.47. The molecule has 1 aromatic heterocycles. The topological polar surface area (TPSA) is 64.3 Å². The predicted octanol–water partition coefficient (Wildman–Crippen LogP) is 1.60. The van der Waals surface area contributed by atoms with Gasteiger partial charge in [0.1, 0.15) is 0 Å². The Hall–Kier alpha value is -2.08. The van der Waals surface area contributed by atoms with Crippen molar-refractivity contribution >= 4 is 22.9 Å². The van der Waals surface area contributed by atoms with E-state index < -0.39 is 0 Å². The Morgan fingerprint density at radius 2 is 1.87 bits per heavy atom. The van der Waals surface area contributed by atoms with Gasteiger partial charge in [0.2, 0.25) is 11.9 Å². The van der Waals surface area contributed by atoms with Crippen LogP contribution in [0.1, 0.15) is 20.8 Å². The molecule has 1 aliphatic rings. The molecule has 124 valence electrons. The Morgan fingerprint density at radius 1 is 1.17 bits per heavy atom. The highest BCUT2D eigenvalue weighted by Gasteiger charge is 2.26. The fraction of sp³-hybridized carbons (Fsp3) is 0.529. The lowest BCUT2D eigenvalue weighted by atomic mass is 10.2. The first-order valence-corrected chi connectivity index (χ1v) is 8.28. The molecule has 1 aliphatic heterocycles. The number of H-pyrrole nitrogens is 1. The van der Waals surface area contributed by atoms with Crippen molar-refractivity contribution in [1.29, 1.82) is 0 Å². The number of nitrogens with zero attached hydrogens (tertiary/aromatic N) is 3. The zero-order valence-electron chi connectivity index (χ0n) is 14.0. The van der Waals surface area contributed by atoms with Gasteiger partial charge in [0.15, 0.2) is 0 Å². The van der Waals surface area contributed by atoms with E-state index in [0.29, 0.717) is 0 Å². The molecule has 2 heterocycles. The Kier molecular flexibility index (Phi) is 4.52. The number of benzene rings is 1. The van der Waals surface area contributed by atoms with Gasteiger partial charge < -0.3 is 15.2 Å². The van der Waals surface area contributed by atoms with Crippen molar-refractivity contribution in [3.05, 3.63) is 24.3 Å². The van der Waals surface area contributed by atoms with E-state index in [4.69, 9.17) is 0 Å². The smallest absolute Gasteiger partial charge is 0.237 e. The van der Waals surface area contributed by atoms with Gasteiger partial charge >= 0.3 is 0 Å². The lowest BCUT2D eigenvalue weighted by Crippen LogP contribution is -2.54. The molecule has 3 rings (SSSR count). The number of anilines is 1. The number of para-hydroxylation sites is 2. The summed E-state index contributed by atoms with van der Waals surface area (Å²) in [5.41, 5.74) is 2.06. The Morgan fingerprint density at radius 3 is 2.52 bits per heavy atom. The normalized spacial score (nSPS) is 17.7. The molecule has 1 unspecified atom stereocenters. The molecule has 23 heavy (non-hydrogen) atoms. The minimum Gasteiger partial charge on any atom is -0.353 e. The summed E-state index contributed by atoms with van der Waals surface area (Å²) in [6.45, 7) is 9.44. The monoisotopic (exact) mass is 315 g/mol. The van der Waals surface area contributed by atoms with Crippen molar-refractivity contribution < 1.29 is 4.79 Å². The largest absolute Gasteiger partial charge is 0.353 e. The molecule has 1 atom stereocenters. The summed E-state index contributed by atoms with van der Waals surface area (Å²) in [6.07, 6.45) is 0. The first-order chi connectivity index (χ1) is 11.0. The van der Waals surface area contributed by atoms with Gasteiger partial charge in [0.25, 0.3) is 0 Å². The van der Waals surface area contributed by atoms with E-state index in [-0.39, 0.29) is 18.0 Å². The molecule has 2 N–H and O–H groups in total. The highest BCUT2D eigenvalue weighted by molar-refractivity contribution is 5.81. The molecular weight excluding hydrogens is 290 g/mol. The van der Waals surface area contributed by atoms with Crippen molar-refractivity contribution in [3.8, 4) is 0 Å². The van der Waals surface area contributed by atoms with Gasteiger partial charge in [-0.3, -0.25) is 9.69 Å². The number of piperazine rings is 1. The van der Waals surface area contributed by atoms with Gasteiger partial charge in [0.05, 0.1) is 17.1 Å². The lowest BCUT2D eigenvalue weighted by molar-refractivity contribution is -0.126. The number of imidazole rings is 1. The summed E-state index contributed by atoms with van der Waals surface area (Å²) in [5.74, 6) is 1.03. The molecule has 1 amide bonds. The maximum atomic E-state index is 12.1.